The van der Waals surface area contributed by atoms with Crippen LogP contribution in [-0.4, -0.2) is 25.1 Å². The van der Waals surface area contributed by atoms with Gasteiger partial charge in [0.1, 0.15) is 0 Å². The number of alkyl halides is 3. The summed E-state index contributed by atoms with van der Waals surface area (Å²) in [5.74, 6) is 0. The maximum Gasteiger partial charge on any atom is 0.522 e. The molecule has 0 aromatic heterocycles. The van der Waals surface area contributed by atoms with Crippen LogP contribution in [0.4, 0.5) is 13.2 Å². The summed E-state index contributed by atoms with van der Waals surface area (Å²) >= 11 is 0. The summed E-state index contributed by atoms with van der Waals surface area (Å²) in [6.07, 6.45) is -4.76. The van der Waals surface area contributed by atoms with Crippen LogP contribution in [0, 0.1) is 0 Å². The van der Waals surface area contributed by atoms with Crippen LogP contribution in [0.2, 0.25) is 0 Å². The number of nitrogens with one attached hydrogen (secondary N) is 1. The minimum Gasteiger partial charge on any atom is -0.312 e. The van der Waals surface area contributed by atoms with E-state index in [-0.39, 0.29) is 6.04 Å². The van der Waals surface area contributed by atoms with E-state index >= 15 is 0 Å². The second kappa shape index (κ2) is 2.98. The van der Waals surface area contributed by atoms with Crippen molar-refractivity contribution in [2.45, 2.75) is 31.9 Å². The molecule has 0 unspecified atom stereocenters. The predicted molar refractivity (Wildman–Crippen MR) is 33.0 cm³/mol. The highest BCUT2D eigenvalue weighted by Gasteiger charge is 2.35. The third-order valence-corrected chi connectivity index (χ3v) is 1.61. The van der Waals surface area contributed by atoms with Crippen molar-refractivity contribution in [1.29, 1.82) is 0 Å². The second-order valence-corrected chi connectivity index (χ2v) is 2.73. The minimum absolute atomic E-state index is 0.127. The molecule has 2 atom stereocenters. The molecule has 1 fully saturated rings. The molecule has 1 N–H and O–H groups in total. The summed E-state index contributed by atoms with van der Waals surface area (Å²) in [6.45, 7) is 2.13. The maximum absolute atomic E-state index is 11.6. The lowest BCUT2D eigenvalue weighted by molar-refractivity contribution is -0.340. The molecule has 11 heavy (non-hydrogen) atoms. The Labute approximate surface area is 62.7 Å². The van der Waals surface area contributed by atoms with Gasteiger partial charge in [-0.15, -0.1) is 13.2 Å². The summed E-state index contributed by atoms with van der Waals surface area (Å²) < 4.78 is 38.6. The van der Waals surface area contributed by atoms with Gasteiger partial charge in [0.05, 0.1) is 6.10 Å². The summed E-state index contributed by atoms with van der Waals surface area (Å²) in [5, 5.41) is 2.87. The third kappa shape index (κ3) is 3.07. The van der Waals surface area contributed by atoms with Crippen LogP contribution < -0.4 is 5.32 Å². The molecule has 1 aliphatic heterocycles. The Hall–Kier alpha value is -0.290. The van der Waals surface area contributed by atoms with Gasteiger partial charge in [-0.1, -0.05) is 0 Å². The van der Waals surface area contributed by atoms with E-state index in [1.54, 1.807) is 0 Å². The van der Waals surface area contributed by atoms with E-state index < -0.39 is 12.5 Å². The number of hydrogen-bond donors (Lipinski definition) is 1. The van der Waals surface area contributed by atoms with Crippen LogP contribution in [0.1, 0.15) is 13.3 Å². The summed E-state index contributed by atoms with van der Waals surface area (Å²) in [6, 6.07) is 0.127. The molecule has 0 radical (unpaired) electrons. The first-order chi connectivity index (χ1) is 4.97. The molecule has 0 aliphatic carbocycles. The van der Waals surface area contributed by atoms with Gasteiger partial charge in [0.25, 0.3) is 0 Å². The van der Waals surface area contributed by atoms with Crippen molar-refractivity contribution < 1.29 is 17.9 Å². The summed E-state index contributed by atoms with van der Waals surface area (Å²) in [4.78, 5) is 0. The van der Waals surface area contributed by atoms with Crippen molar-refractivity contribution in [1.82, 2.24) is 5.32 Å². The smallest absolute Gasteiger partial charge is 0.312 e. The molecule has 0 bridgehead atoms. The zero-order chi connectivity index (χ0) is 8.48. The standard InChI is InChI=1S/C6H10F3NO/c1-4-2-5(3-10-4)11-6(7,8)9/h4-5,10H,2-3H2,1H3/t4-,5-/m1/s1. The molecule has 0 spiro atoms. The first kappa shape index (κ1) is 8.80. The van der Waals surface area contributed by atoms with Crippen LogP contribution in [0.15, 0.2) is 0 Å². The molecule has 2 nitrogen and oxygen atoms in total. The van der Waals surface area contributed by atoms with Crippen molar-refractivity contribution in [2.75, 3.05) is 6.54 Å². The molecule has 0 aromatic carbocycles. The molecular formula is C6H10F3NO. The molecule has 0 amide bonds. The van der Waals surface area contributed by atoms with Gasteiger partial charge in [-0.05, 0) is 13.3 Å². The number of hydrogen-bond acceptors (Lipinski definition) is 2. The molecule has 66 valence electrons. The largest absolute Gasteiger partial charge is 0.522 e. The topological polar surface area (TPSA) is 21.3 Å². The third-order valence-electron chi connectivity index (χ3n) is 1.61. The molecule has 1 rings (SSSR count). The van der Waals surface area contributed by atoms with E-state index in [2.05, 4.69) is 10.1 Å². The fourth-order valence-electron chi connectivity index (χ4n) is 1.17. The highest BCUT2D eigenvalue weighted by molar-refractivity contribution is 4.78. The molecule has 1 saturated heterocycles. The SMILES string of the molecule is C[C@@H]1C[C@@H](OC(F)(F)F)CN1. The van der Waals surface area contributed by atoms with E-state index in [0.29, 0.717) is 13.0 Å². The van der Waals surface area contributed by atoms with E-state index in [9.17, 15) is 13.2 Å². The molecule has 1 aliphatic rings. The number of rotatable bonds is 1. The van der Waals surface area contributed by atoms with Gasteiger partial charge in [-0.2, -0.15) is 0 Å². The van der Waals surface area contributed by atoms with E-state index in [1.807, 2.05) is 6.92 Å². The Kier molecular flexibility index (Phi) is 2.39. The van der Waals surface area contributed by atoms with Gasteiger partial charge < -0.3 is 5.32 Å². The van der Waals surface area contributed by atoms with E-state index in [4.69, 9.17) is 0 Å². The van der Waals surface area contributed by atoms with E-state index in [0.717, 1.165) is 0 Å². The fourth-order valence-corrected chi connectivity index (χ4v) is 1.17. The highest BCUT2D eigenvalue weighted by atomic mass is 19.4. The minimum atomic E-state index is -4.49. The van der Waals surface area contributed by atoms with Crippen molar-refractivity contribution in [3.05, 3.63) is 0 Å². The molecule has 0 saturated carbocycles. The number of halogens is 3. The van der Waals surface area contributed by atoms with Crippen LogP contribution in [-0.2, 0) is 4.74 Å². The van der Waals surface area contributed by atoms with E-state index in [1.165, 1.54) is 0 Å². The first-order valence-electron chi connectivity index (χ1n) is 3.45. The Morgan fingerprint density at radius 1 is 1.45 bits per heavy atom. The summed E-state index contributed by atoms with van der Waals surface area (Å²) in [5.41, 5.74) is 0. The van der Waals surface area contributed by atoms with Gasteiger partial charge >= 0.3 is 6.36 Å². The van der Waals surface area contributed by atoms with Crippen LogP contribution in [0.25, 0.3) is 0 Å². The quantitative estimate of drug-likeness (QED) is 0.638. The van der Waals surface area contributed by atoms with Crippen LogP contribution >= 0.6 is 0 Å². The van der Waals surface area contributed by atoms with Gasteiger partial charge in [-0.25, -0.2) is 0 Å². The van der Waals surface area contributed by atoms with Crippen LogP contribution in [0.5, 0.6) is 0 Å². The average Bonchev–Trinajstić information content (AvgIpc) is 2.10. The van der Waals surface area contributed by atoms with Crippen molar-refractivity contribution >= 4 is 0 Å². The predicted octanol–water partition coefficient (Wildman–Crippen LogP) is 1.27. The molecule has 0 aromatic rings. The first-order valence-corrected chi connectivity index (χ1v) is 3.45. The van der Waals surface area contributed by atoms with Crippen LogP contribution in [0.3, 0.4) is 0 Å². The highest BCUT2D eigenvalue weighted by Crippen LogP contribution is 2.22. The Bertz CT molecular complexity index is 136. The molecule has 5 heteroatoms. The number of ether oxygens (including phenoxy) is 1. The zero-order valence-corrected chi connectivity index (χ0v) is 6.11. The van der Waals surface area contributed by atoms with Gasteiger partial charge in [0.2, 0.25) is 0 Å². The lowest BCUT2D eigenvalue weighted by atomic mass is 10.2. The maximum atomic E-state index is 11.6. The fraction of sp³-hybridized carbons (Fsp3) is 1.00. The monoisotopic (exact) mass is 169 g/mol. The molecule has 1 heterocycles. The normalized spacial score (nSPS) is 32.7. The summed E-state index contributed by atoms with van der Waals surface area (Å²) in [7, 11) is 0. The van der Waals surface area contributed by atoms with Gasteiger partial charge in [0, 0.05) is 12.6 Å². The molecular weight excluding hydrogens is 159 g/mol. The average molecular weight is 169 g/mol. The van der Waals surface area contributed by atoms with Crippen molar-refractivity contribution in [2.24, 2.45) is 0 Å². The second-order valence-electron chi connectivity index (χ2n) is 2.73. The Morgan fingerprint density at radius 2 is 2.09 bits per heavy atom. The Morgan fingerprint density at radius 3 is 2.45 bits per heavy atom. The van der Waals surface area contributed by atoms with Crippen molar-refractivity contribution in [3.63, 3.8) is 0 Å². The van der Waals surface area contributed by atoms with Gasteiger partial charge in [-0.3, -0.25) is 4.74 Å². The van der Waals surface area contributed by atoms with Gasteiger partial charge in [0.15, 0.2) is 0 Å². The lowest BCUT2D eigenvalue weighted by Crippen LogP contribution is -2.25. The zero-order valence-electron chi connectivity index (χ0n) is 6.11. The van der Waals surface area contributed by atoms with Crippen molar-refractivity contribution in [3.8, 4) is 0 Å². The lowest BCUT2D eigenvalue weighted by Gasteiger charge is -2.12. The Balaban J connectivity index is 2.29.